The van der Waals surface area contributed by atoms with Crippen LogP contribution >= 0.6 is 11.6 Å². The van der Waals surface area contributed by atoms with Gasteiger partial charge in [-0.1, -0.05) is 11.6 Å². The smallest absolute Gasteiger partial charge is 0.344 e. The first-order chi connectivity index (χ1) is 11.6. The van der Waals surface area contributed by atoms with Crippen LogP contribution in [0.25, 0.3) is 0 Å². The van der Waals surface area contributed by atoms with Crippen molar-refractivity contribution >= 4 is 35.6 Å². The number of halogens is 1. The number of pyridine rings is 1. The van der Waals surface area contributed by atoms with Crippen molar-refractivity contribution in [1.82, 2.24) is 4.98 Å². The van der Waals surface area contributed by atoms with E-state index >= 15 is 0 Å². The quantitative estimate of drug-likeness (QED) is 0.608. The van der Waals surface area contributed by atoms with Crippen molar-refractivity contribution in [3.63, 3.8) is 0 Å². The molecular formula is C16H13ClN2O5. The van der Waals surface area contributed by atoms with Crippen LogP contribution in [0, 0.1) is 0 Å². The third-order valence-corrected chi connectivity index (χ3v) is 2.96. The van der Waals surface area contributed by atoms with Crippen LogP contribution < -0.4 is 10.1 Å². The zero-order chi connectivity index (χ0) is 17.4. The molecule has 124 valence electrons. The number of benzene rings is 1. The van der Waals surface area contributed by atoms with Crippen LogP contribution in [0.15, 0.2) is 42.6 Å². The summed E-state index contributed by atoms with van der Waals surface area (Å²) in [5, 5.41) is 2.89. The van der Waals surface area contributed by atoms with E-state index in [0.717, 1.165) is 0 Å². The minimum atomic E-state index is -0.700. The van der Waals surface area contributed by atoms with Crippen LogP contribution in [0.1, 0.15) is 10.4 Å². The molecular weight excluding hydrogens is 336 g/mol. The highest BCUT2D eigenvalue weighted by Crippen LogP contribution is 2.11. The van der Waals surface area contributed by atoms with E-state index in [1.54, 1.807) is 30.3 Å². The zero-order valence-electron chi connectivity index (χ0n) is 12.4. The van der Waals surface area contributed by atoms with E-state index in [9.17, 15) is 14.4 Å². The number of carbonyl (C=O) groups excluding carboxylic acids is 3. The summed E-state index contributed by atoms with van der Waals surface area (Å²) in [7, 11) is 0. The first-order valence-corrected chi connectivity index (χ1v) is 7.19. The SMILES string of the molecule is O=Cc1ccc(OCC(=O)OCC(=O)Nc2ccc(Cl)cn2)cc1. The predicted molar refractivity (Wildman–Crippen MR) is 86.2 cm³/mol. The molecule has 1 heterocycles. The summed E-state index contributed by atoms with van der Waals surface area (Å²) in [6.45, 7) is -0.816. The maximum Gasteiger partial charge on any atom is 0.344 e. The highest BCUT2D eigenvalue weighted by Gasteiger charge is 2.09. The van der Waals surface area contributed by atoms with Gasteiger partial charge in [0, 0.05) is 11.8 Å². The summed E-state index contributed by atoms with van der Waals surface area (Å²) in [6, 6.07) is 9.31. The molecule has 0 aliphatic heterocycles. The Kier molecular flexibility index (Phi) is 6.27. The van der Waals surface area contributed by atoms with Crippen LogP contribution in [0.2, 0.25) is 5.02 Å². The summed E-state index contributed by atoms with van der Waals surface area (Å²) >= 11 is 5.68. The standard InChI is InChI=1S/C16H13ClN2O5/c17-12-3-6-14(18-7-12)19-15(21)9-24-16(22)10-23-13-4-1-11(8-20)2-5-13/h1-8H,9-10H2,(H,18,19,21). The van der Waals surface area contributed by atoms with E-state index in [2.05, 4.69) is 10.3 Å². The van der Waals surface area contributed by atoms with Crippen molar-refractivity contribution in [1.29, 1.82) is 0 Å². The number of hydrogen-bond acceptors (Lipinski definition) is 6. The third-order valence-electron chi connectivity index (χ3n) is 2.73. The van der Waals surface area contributed by atoms with Gasteiger partial charge in [-0.3, -0.25) is 9.59 Å². The van der Waals surface area contributed by atoms with Crippen molar-refractivity contribution in [2.45, 2.75) is 0 Å². The molecule has 1 N–H and O–H groups in total. The number of amides is 1. The summed E-state index contributed by atoms with van der Waals surface area (Å²) in [5.74, 6) is -0.526. The molecule has 0 atom stereocenters. The van der Waals surface area contributed by atoms with Gasteiger partial charge < -0.3 is 14.8 Å². The molecule has 0 fully saturated rings. The Labute approximate surface area is 142 Å². The minimum absolute atomic E-state index is 0.298. The average Bonchev–Trinajstić information content (AvgIpc) is 2.60. The van der Waals surface area contributed by atoms with Crippen LogP contribution in [-0.4, -0.2) is 36.4 Å². The van der Waals surface area contributed by atoms with E-state index in [0.29, 0.717) is 28.4 Å². The highest BCUT2D eigenvalue weighted by molar-refractivity contribution is 6.30. The first kappa shape index (κ1) is 17.4. The molecule has 0 spiro atoms. The molecule has 0 aliphatic rings. The van der Waals surface area contributed by atoms with Gasteiger partial charge in [0.15, 0.2) is 13.2 Å². The molecule has 0 aliphatic carbocycles. The molecule has 24 heavy (non-hydrogen) atoms. The number of aldehydes is 1. The molecule has 0 bridgehead atoms. The number of nitrogens with one attached hydrogen (secondary N) is 1. The maximum absolute atomic E-state index is 11.6. The van der Waals surface area contributed by atoms with Gasteiger partial charge in [-0.05, 0) is 36.4 Å². The Balaban J connectivity index is 1.70. The van der Waals surface area contributed by atoms with E-state index in [1.807, 2.05) is 0 Å². The van der Waals surface area contributed by atoms with Gasteiger partial charge in [-0.2, -0.15) is 0 Å². The monoisotopic (exact) mass is 348 g/mol. The normalized spacial score (nSPS) is 9.88. The lowest BCUT2D eigenvalue weighted by Crippen LogP contribution is -2.24. The number of anilines is 1. The fourth-order valence-corrected chi connectivity index (χ4v) is 1.71. The minimum Gasteiger partial charge on any atom is -0.482 e. The van der Waals surface area contributed by atoms with Crippen LogP contribution in [0.5, 0.6) is 5.75 Å². The number of aromatic nitrogens is 1. The zero-order valence-corrected chi connectivity index (χ0v) is 13.2. The number of rotatable bonds is 7. The van der Waals surface area contributed by atoms with Gasteiger partial charge in [0.25, 0.3) is 5.91 Å². The first-order valence-electron chi connectivity index (χ1n) is 6.82. The molecule has 1 amide bonds. The molecule has 2 rings (SSSR count). The lowest BCUT2D eigenvalue weighted by Gasteiger charge is -2.07. The predicted octanol–water partition coefficient (Wildman–Crippen LogP) is 2.11. The second kappa shape index (κ2) is 8.64. The fourth-order valence-electron chi connectivity index (χ4n) is 1.60. The van der Waals surface area contributed by atoms with Crippen molar-refractivity contribution in [3.05, 3.63) is 53.2 Å². The van der Waals surface area contributed by atoms with Gasteiger partial charge in [0.05, 0.1) is 5.02 Å². The second-order valence-corrected chi connectivity index (χ2v) is 4.98. The molecule has 2 aromatic rings. The third kappa shape index (κ3) is 5.69. The lowest BCUT2D eigenvalue weighted by molar-refractivity contribution is -0.149. The van der Waals surface area contributed by atoms with E-state index in [-0.39, 0.29) is 6.61 Å². The van der Waals surface area contributed by atoms with Crippen LogP contribution in [0.4, 0.5) is 5.82 Å². The van der Waals surface area contributed by atoms with Crippen molar-refractivity contribution in [2.75, 3.05) is 18.5 Å². The van der Waals surface area contributed by atoms with Crippen LogP contribution in [0.3, 0.4) is 0 Å². The highest BCUT2D eigenvalue weighted by atomic mass is 35.5. The van der Waals surface area contributed by atoms with Crippen molar-refractivity contribution in [3.8, 4) is 5.75 Å². The molecule has 0 radical (unpaired) electrons. The van der Waals surface area contributed by atoms with E-state index < -0.39 is 18.5 Å². The van der Waals surface area contributed by atoms with Crippen LogP contribution in [-0.2, 0) is 14.3 Å². The second-order valence-electron chi connectivity index (χ2n) is 4.55. The van der Waals surface area contributed by atoms with E-state index in [1.165, 1.54) is 12.3 Å². The summed E-state index contributed by atoms with van der Waals surface area (Å²) < 4.78 is 9.96. The average molecular weight is 349 g/mol. The Bertz CT molecular complexity index is 716. The number of carbonyl (C=O) groups is 3. The largest absolute Gasteiger partial charge is 0.482 e. The van der Waals surface area contributed by atoms with Gasteiger partial charge >= 0.3 is 5.97 Å². The summed E-state index contributed by atoms with van der Waals surface area (Å²) in [6.07, 6.45) is 2.08. The number of nitrogens with zero attached hydrogens (tertiary/aromatic N) is 1. The number of ether oxygens (including phenoxy) is 2. The summed E-state index contributed by atoms with van der Waals surface area (Å²) in [4.78, 5) is 37.5. The van der Waals surface area contributed by atoms with Crippen molar-refractivity contribution < 1.29 is 23.9 Å². The Hall–Kier alpha value is -2.93. The van der Waals surface area contributed by atoms with Gasteiger partial charge in [-0.25, -0.2) is 9.78 Å². The topological polar surface area (TPSA) is 94.6 Å². The molecule has 0 saturated carbocycles. The lowest BCUT2D eigenvalue weighted by atomic mass is 10.2. The number of esters is 1. The molecule has 8 heteroatoms. The molecule has 1 aromatic heterocycles. The molecule has 1 aromatic carbocycles. The Morgan fingerprint density at radius 3 is 2.50 bits per heavy atom. The Morgan fingerprint density at radius 2 is 1.88 bits per heavy atom. The Morgan fingerprint density at radius 1 is 1.12 bits per heavy atom. The molecule has 7 nitrogen and oxygen atoms in total. The van der Waals surface area contributed by atoms with Crippen molar-refractivity contribution in [2.24, 2.45) is 0 Å². The van der Waals surface area contributed by atoms with Gasteiger partial charge in [0.2, 0.25) is 0 Å². The van der Waals surface area contributed by atoms with Gasteiger partial charge in [-0.15, -0.1) is 0 Å². The summed E-state index contributed by atoms with van der Waals surface area (Å²) in [5.41, 5.74) is 0.498. The number of hydrogen-bond donors (Lipinski definition) is 1. The molecule has 0 saturated heterocycles. The van der Waals surface area contributed by atoms with E-state index in [4.69, 9.17) is 21.1 Å². The molecule has 0 unspecified atom stereocenters. The van der Waals surface area contributed by atoms with Gasteiger partial charge in [0.1, 0.15) is 17.9 Å². The maximum atomic E-state index is 11.6. The fraction of sp³-hybridized carbons (Fsp3) is 0.125.